The summed E-state index contributed by atoms with van der Waals surface area (Å²) in [6.45, 7) is 14.5. The van der Waals surface area contributed by atoms with Gasteiger partial charge in [-0.25, -0.2) is 0 Å². The van der Waals surface area contributed by atoms with Gasteiger partial charge in [-0.3, -0.25) is 0 Å². The minimum absolute atomic E-state index is 0.169. The normalized spacial score (nSPS) is 14.4. The van der Waals surface area contributed by atoms with Gasteiger partial charge in [-0.15, -0.1) is 0 Å². The Morgan fingerprint density at radius 1 is 1.07 bits per heavy atom. The molecule has 0 radical (unpaired) electrons. The van der Waals surface area contributed by atoms with Gasteiger partial charge in [-0.2, -0.15) is 0 Å². The van der Waals surface area contributed by atoms with E-state index in [0.29, 0.717) is 35.3 Å². The zero-order valence-electron chi connectivity index (χ0n) is 17.5. The van der Waals surface area contributed by atoms with Crippen LogP contribution in [-0.4, -0.2) is 33.6 Å². The summed E-state index contributed by atoms with van der Waals surface area (Å²) in [5.74, 6) is -0.438. The Morgan fingerprint density at radius 3 is 2.04 bits per heavy atom. The molecule has 0 fully saturated rings. The maximum atomic E-state index is 13.6. The van der Waals surface area contributed by atoms with Gasteiger partial charge in [0.15, 0.2) is 0 Å². The second-order valence-electron chi connectivity index (χ2n) is 8.16. The third-order valence-electron chi connectivity index (χ3n) is 5.19. The van der Waals surface area contributed by atoms with Crippen molar-refractivity contribution >= 4 is 31.5 Å². The molecule has 0 bridgehead atoms. The molecule has 0 spiro atoms. The number of benzene rings is 1. The van der Waals surface area contributed by atoms with E-state index in [9.17, 15) is 4.39 Å². The number of rotatable bonds is 11. The number of nitrogens with one attached hydrogen (secondary N) is 1. The first kappa shape index (κ1) is 24.9. The summed E-state index contributed by atoms with van der Waals surface area (Å²) < 4.78 is 26.1. The summed E-state index contributed by atoms with van der Waals surface area (Å²) >= 11 is 12.7. The molecule has 0 aromatic heterocycles. The Labute approximate surface area is 175 Å². The van der Waals surface area contributed by atoms with E-state index < -0.39 is 14.1 Å². The monoisotopic (exact) mass is 438 g/mol. The molecule has 0 aliphatic rings. The first-order chi connectivity index (χ1) is 12.6. The number of hydrogen-bond donors (Lipinski definition) is 1. The van der Waals surface area contributed by atoms with E-state index in [-0.39, 0.29) is 11.7 Å². The van der Waals surface area contributed by atoms with Crippen molar-refractivity contribution in [2.24, 2.45) is 0 Å². The third kappa shape index (κ3) is 7.99. The quantitative estimate of drug-likeness (QED) is 0.323. The van der Waals surface area contributed by atoms with E-state index in [4.69, 9.17) is 32.4 Å². The van der Waals surface area contributed by atoms with Crippen LogP contribution in [0.1, 0.15) is 53.2 Å². The Bertz CT molecular complexity index is 561. The van der Waals surface area contributed by atoms with Gasteiger partial charge in [-0.1, -0.05) is 0 Å². The molecule has 0 amide bonds. The summed E-state index contributed by atoms with van der Waals surface area (Å²) in [4.78, 5) is 0. The molecular weight excluding hydrogens is 404 g/mol. The van der Waals surface area contributed by atoms with Gasteiger partial charge < -0.3 is 0 Å². The number of halogens is 3. The molecule has 1 atom stereocenters. The van der Waals surface area contributed by atoms with Crippen LogP contribution in [0.25, 0.3) is 0 Å². The summed E-state index contributed by atoms with van der Waals surface area (Å²) in [6.07, 6.45) is -0.301. The van der Waals surface area contributed by atoms with Crippen molar-refractivity contribution in [2.75, 3.05) is 19.7 Å². The van der Waals surface area contributed by atoms with Gasteiger partial charge in [0.05, 0.1) is 0 Å². The first-order valence-electron chi connectivity index (χ1n) is 9.94. The molecule has 1 aromatic carbocycles. The maximum absolute atomic E-state index is 13.6. The van der Waals surface area contributed by atoms with Gasteiger partial charge in [0.25, 0.3) is 0 Å². The van der Waals surface area contributed by atoms with Crippen molar-refractivity contribution in [3.05, 3.63) is 33.6 Å². The third-order valence-corrected chi connectivity index (χ3v) is 11.2. The van der Waals surface area contributed by atoms with Crippen LogP contribution in [0, 0.1) is 5.82 Å². The van der Waals surface area contributed by atoms with E-state index in [1.54, 1.807) is 0 Å². The summed E-state index contributed by atoms with van der Waals surface area (Å²) in [6, 6.07) is 5.73. The van der Waals surface area contributed by atoms with Crippen LogP contribution >= 0.6 is 23.2 Å². The molecule has 0 heterocycles. The van der Waals surface area contributed by atoms with Crippen molar-refractivity contribution in [2.45, 2.75) is 71.4 Å². The van der Waals surface area contributed by atoms with E-state index in [2.05, 4.69) is 26.1 Å². The van der Waals surface area contributed by atoms with Gasteiger partial charge in [-0.05, 0) is 0 Å². The van der Waals surface area contributed by atoms with E-state index >= 15 is 0 Å². The molecule has 1 rings (SSSR count). The Balaban J connectivity index is 2.97. The number of hydrogen-bond acceptors (Lipinski definition) is 3. The molecule has 0 saturated carbocycles. The fourth-order valence-electron chi connectivity index (χ4n) is 3.24. The topological polar surface area (TPSA) is 30.5 Å². The average molecular weight is 439 g/mol. The molecule has 7 heteroatoms. The zero-order valence-corrected chi connectivity index (χ0v) is 20.2. The molecule has 0 saturated heterocycles. The van der Waals surface area contributed by atoms with Crippen LogP contribution in [0.15, 0.2) is 12.1 Å². The fraction of sp³-hybridized carbons (Fsp3) is 0.700. The Morgan fingerprint density at radius 2 is 1.59 bits per heavy atom. The molecule has 0 aliphatic carbocycles. The molecule has 1 unspecified atom stereocenters. The van der Waals surface area contributed by atoms with Gasteiger partial charge in [0.2, 0.25) is 0 Å². The van der Waals surface area contributed by atoms with Crippen molar-refractivity contribution in [3.8, 4) is 0 Å². The van der Waals surface area contributed by atoms with Gasteiger partial charge in [0.1, 0.15) is 0 Å². The molecule has 158 valence electrons. The van der Waals surface area contributed by atoms with E-state index in [1.807, 2.05) is 20.8 Å². The van der Waals surface area contributed by atoms with Crippen LogP contribution in [-0.2, 0) is 9.16 Å². The van der Waals surface area contributed by atoms with Crippen molar-refractivity contribution < 1.29 is 13.6 Å². The van der Waals surface area contributed by atoms with Gasteiger partial charge in [0, 0.05) is 0 Å². The fourth-order valence-corrected chi connectivity index (χ4v) is 7.19. The molecule has 27 heavy (non-hydrogen) atoms. The standard InChI is InChI=1S/C20H35Cl2FNO2Si/c1-7-27(8-2,9-3)26-18(14-24-10-11-25-20(4,5)6)19-16(21)12-15(23)13-17(19)22/h12-13,18,24,27H,7-11,14H2,1-6H3/q-1. The summed E-state index contributed by atoms with van der Waals surface area (Å²) in [7, 11) is -2.23. The van der Waals surface area contributed by atoms with E-state index in [0.717, 1.165) is 18.1 Å². The average Bonchev–Trinajstić information content (AvgIpc) is 2.57. The molecule has 1 aromatic rings. The Hall–Kier alpha value is -0.173. The van der Waals surface area contributed by atoms with E-state index in [1.165, 1.54) is 12.1 Å². The summed E-state index contributed by atoms with van der Waals surface area (Å²) in [5.41, 5.74) is 0.501. The predicted octanol–water partition coefficient (Wildman–Crippen LogP) is 6.33. The molecule has 3 nitrogen and oxygen atoms in total. The van der Waals surface area contributed by atoms with Crippen LogP contribution in [0.3, 0.4) is 0 Å². The zero-order chi connectivity index (χ0) is 20.7. The number of ether oxygens (including phenoxy) is 1. The van der Waals surface area contributed by atoms with Crippen LogP contribution in [0.5, 0.6) is 0 Å². The van der Waals surface area contributed by atoms with Crippen LogP contribution in [0.2, 0.25) is 28.2 Å². The first-order valence-corrected chi connectivity index (χ1v) is 13.6. The SMILES string of the molecule is CC[SiH-](CC)(CC)OC(CNCCOC(C)(C)C)c1c(Cl)cc(F)cc1Cl. The van der Waals surface area contributed by atoms with Crippen molar-refractivity contribution in [1.29, 1.82) is 0 Å². The van der Waals surface area contributed by atoms with Crippen molar-refractivity contribution in [1.82, 2.24) is 5.32 Å². The molecule has 1 N–H and O–H groups in total. The van der Waals surface area contributed by atoms with Crippen LogP contribution in [0.4, 0.5) is 4.39 Å². The summed E-state index contributed by atoms with van der Waals surface area (Å²) in [5, 5.41) is 4.01. The Kier molecular flexibility index (Phi) is 10.2. The second kappa shape index (κ2) is 11.1. The predicted molar refractivity (Wildman–Crippen MR) is 117 cm³/mol. The molecular formula is C20H35Cl2FNO2Si-. The minimum atomic E-state index is -2.23. The second-order valence-corrected chi connectivity index (χ2v) is 14.4. The van der Waals surface area contributed by atoms with Crippen molar-refractivity contribution in [3.63, 3.8) is 0 Å². The molecule has 0 aliphatic heterocycles. The van der Waals surface area contributed by atoms with Crippen LogP contribution < -0.4 is 5.32 Å². The van der Waals surface area contributed by atoms with Gasteiger partial charge >= 0.3 is 175 Å².